The maximum Gasteiger partial charge on any atom is 0.339 e. The summed E-state index contributed by atoms with van der Waals surface area (Å²) in [6, 6.07) is 22.5. The van der Waals surface area contributed by atoms with E-state index in [2.05, 4.69) is 4.98 Å². The lowest BCUT2D eigenvalue weighted by Crippen LogP contribution is -2.37. The van der Waals surface area contributed by atoms with E-state index in [1.54, 1.807) is 24.3 Å². The van der Waals surface area contributed by atoms with Gasteiger partial charge in [0, 0.05) is 10.9 Å². The first-order valence-corrected chi connectivity index (χ1v) is 10.4. The van der Waals surface area contributed by atoms with Gasteiger partial charge in [0.05, 0.1) is 23.5 Å². The first-order valence-electron chi connectivity index (χ1n) is 10.4. The van der Waals surface area contributed by atoms with Crippen molar-refractivity contribution in [2.75, 3.05) is 11.4 Å². The number of carbonyl (C=O) groups is 4. The number of aromatic nitrogens is 1. The zero-order valence-corrected chi connectivity index (χ0v) is 17.7. The van der Waals surface area contributed by atoms with Crippen molar-refractivity contribution in [3.8, 4) is 11.3 Å². The number of H-pyrrole nitrogens is 1. The van der Waals surface area contributed by atoms with E-state index in [0.29, 0.717) is 21.5 Å². The van der Waals surface area contributed by atoms with Gasteiger partial charge in [0.15, 0.2) is 5.78 Å². The summed E-state index contributed by atoms with van der Waals surface area (Å²) in [6.45, 7) is 1.34. The van der Waals surface area contributed by atoms with E-state index in [9.17, 15) is 19.2 Å². The normalized spacial score (nSPS) is 13.9. The molecule has 33 heavy (non-hydrogen) atoms. The minimum Gasteiger partial charge on any atom is -0.354 e. The molecule has 1 fully saturated rings. The second-order valence-corrected chi connectivity index (χ2v) is 7.86. The summed E-state index contributed by atoms with van der Waals surface area (Å²) >= 11 is 0. The van der Waals surface area contributed by atoms with Crippen LogP contribution in [-0.4, -0.2) is 40.1 Å². The number of hydrogen-bond donors (Lipinski definition) is 1. The van der Waals surface area contributed by atoms with Crippen molar-refractivity contribution in [2.45, 2.75) is 6.92 Å². The monoisotopic (exact) mass is 437 g/mol. The van der Waals surface area contributed by atoms with Gasteiger partial charge in [-0.3, -0.25) is 14.4 Å². The predicted molar refractivity (Wildman–Crippen MR) is 124 cm³/mol. The molecule has 4 aromatic rings. The molecule has 0 aliphatic carbocycles. The predicted octanol–water partition coefficient (Wildman–Crippen LogP) is 4.32. The van der Waals surface area contributed by atoms with Crippen molar-refractivity contribution >= 4 is 40.2 Å². The number of ketones is 1. The second kappa shape index (κ2) is 7.87. The van der Waals surface area contributed by atoms with Gasteiger partial charge in [-0.05, 0) is 30.7 Å². The highest BCUT2D eigenvalue weighted by molar-refractivity contribution is 6.53. The van der Waals surface area contributed by atoms with Crippen molar-refractivity contribution in [1.29, 1.82) is 0 Å². The van der Waals surface area contributed by atoms with Crippen LogP contribution in [-0.2, 0) is 9.59 Å². The maximum atomic E-state index is 13.5. The van der Waals surface area contributed by atoms with Crippen LogP contribution in [0.25, 0.3) is 22.2 Å². The Labute approximate surface area is 189 Å². The van der Waals surface area contributed by atoms with Gasteiger partial charge in [-0.2, -0.15) is 0 Å². The van der Waals surface area contributed by atoms with Crippen LogP contribution in [0.4, 0.5) is 10.5 Å². The quantitative estimate of drug-likeness (QED) is 0.286. The first kappa shape index (κ1) is 20.4. The fourth-order valence-corrected chi connectivity index (χ4v) is 4.04. The van der Waals surface area contributed by atoms with E-state index < -0.39 is 30.2 Å². The number of anilines is 1. The van der Waals surface area contributed by atoms with Crippen LogP contribution in [0.3, 0.4) is 0 Å². The average Bonchev–Trinajstić information content (AvgIpc) is 3.32. The number of Topliss-reactive ketones (excluding diaryl/α,β-unsaturated/α-hetero) is 1. The number of nitrogens with zero attached hydrogens (tertiary/aromatic N) is 2. The number of benzene rings is 3. The number of fused-ring (bicyclic) bond motifs is 1. The van der Waals surface area contributed by atoms with E-state index in [-0.39, 0.29) is 5.69 Å². The van der Waals surface area contributed by atoms with Gasteiger partial charge >= 0.3 is 17.8 Å². The Kier molecular flexibility index (Phi) is 4.86. The Morgan fingerprint density at radius 3 is 2.21 bits per heavy atom. The van der Waals surface area contributed by atoms with E-state index in [4.69, 9.17) is 0 Å². The zero-order chi connectivity index (χ0) is 23.1. The molecule has 1 N–H and O–H groups in total. The Morgan fingerprint density at radius 1 is 0.818 bits per heavy atom. The highest BCUT2D eigenvalue weighted by Crippen LogP contribution is 2.31. The Balaban J connectivity index is 1.51. The molecular formula is C26H19N3O4. The van der Waals surface area contributed by atoms with Crippen molar-refractivity contribution in [3.05, 3.63) is 90.0 Å². The van der Waals surface area contributed by atoms with Gasteiger partial charge in [0.2, 0.25) is 0 Å². The summed E-state index contributed by atoms with van der Waals surface area (Å²) in [5, 5.41) is 0.683. The van der Waals surface area contributed by atoms with Gasteiger partial charge in [-0.25, -0.2) is 14.6 Å². The fourth-order valence-electron chi connectivity index (χ4n) is 4.04. The lowest BCUT2D eigenvalue weighted by molar-refractivity contribution is -0.139. The van der Waals surface area contributed by atoms with Crippen LogP contribution in [0.1, 0.15) is 15.9 Å². The van der Waals surface area contributed by atoms with Crippen molar-refractivity contribution in [1.82, 2.24) is 9.88 Å². The molecule has 5 rings (SSSR count). The number of imide groups is 2. The lowest BCUT2D eigenvalue weighted by Gasteiger charge is -2.15. The average molecular weight is 437 g/mol. The fraction of sp³-hybridized carbons (Fsp3) is 0.0769. The number of aryl methyl sites for hydroxylation is 1. The van der Waals surface area contributed by atoms with Crippen molar-refractivity contribution < 1.29 is 19.2 Å². The van der Waals surface area contributed by atoms with Gasteiger partial charge in [-0.15, -0.1) is 0 Å². The Morgan fingerprint density at radius 2 is 1.48 bits per heavy atom. The van der Waals surface area contributed by atoms with Crippen LogP contribution in [0, 0.1) is 6.92 Å². The molecule has 1 aliphatic heterocycles. The van der Waals surface area contributed by atoms with Gasteiger partial charge in [-0.1, -0.05) is 66.2 Å². The summed E-state index contributed by atoms with van der Waals surface area (Å²) in [5.74, 6) is -2.43. The summed E-state index contributed by atoms with van der Waals surface area (Å²) in [6.07, 6.45) is 0. The molecule has 0 spiro atoms. The van der Waals surface area contributed by atoms with E-state index in [1.807, 2.05) is 61.5 Å². The molecule has 0 saturated carbocycles. The highest BCUT2D eigenvalue weighted by atomic mass is 16.2. The standard InChI is InChI=1S/C26H19N3O4/c1-16-11-13-18(14-12-16)29-25(32)24(31)28(26(29)33)15-21(30)22-19-9-5-6-10-20(19)27-23(22)17-7-3-2-4-8-17/h2-14,27H,15H2,1H3. The molecule has 7 nitrogen and oxygen atoms in total. The summed E-state index contributed by atoms with van der Waals surface area (Å²) in [5.41, 5.74) is 3.77. The number of urea groups is 1. The minimum absolute atomic E-state index is 0.288. The highest BCUT2D eigenvalue weighted by Gasteiger charge is 2.46. The largest absolute Gasteiger partial charge is 0.354 e. The molecule has 0 radical (unpaired) electrons. The summed E-state index contributed by atoms with van der Waals surface area (Å²) < 4.78 is 0. The van der Waals surface area contributed by atoms with E-state index in [1.165, 1.54) is 0 Å². The molecule has 1 saturated heterocycles. The molecule has 1 aromatic heterocycles. The topological polar surface area (TPSA) is 90.6 Å². The van der Waals surface area contributed by atoms with Gasteiger partial charge in [0.1, 0.15) is 0 Å². The van der Waals surface area contributed by atoms with Crippen LogP contribution in [0.2, 0.25) is 0 Å². The van der Waals surface area contributed by atoms with Crippen LogP contribution >= 0.6 is 0 Å². The number of nitrogens with one attached hydrogen (secondary N) is 1. The number of carbonyl (C=O) groups excluding carboxylic acids is 4. The maximum absolute atomic E-state index is 13.5. The van der Waals surface area contributed by atoms with Gasteiger partial charge < -0.3 is 4.98 Å². The number of para-hydroxylation sites is 1. The van der Waals surface area contributed by atoms with Crippen LogP contribution in [0.15, 0.2) is 78.9 Å². The van der Waals surface area contributed by atoms with Crippen molar-refractivity contribution in [3.63, 3.8) is 0 Å². The second-order valence-electron chi connectivity index (χ2n) is 7.86. The van der Waals surface area contributed by atoms with E-state index in [0.717, 1.165) is 21.5 Å². The smallest absolute Gasteiger partial charge is 0.339 e. The van der Waals surface area contributed by atoms with Crippen molar-refractivity contribution in [2.24, 2.45) is 0 Å². The van der Waals surface area contributed by atoms with Gasteiger partial charge in [0.25, 0.3) is 0 Å². The molecule has 2 heterocycles. The lowest BCUT2D eigenvalue weighted by atomic mass is 10.0. The summed E-state index contributed by atoms with van der Waals surface area (Å²) in [7, 11) is 0. The minimum atomic E-state index is -1.02. The molecular weight excluding hydrogens is 418 g/mol. The SMILES string of the molecule is Cc1ccc(N2C(=O)C(=O)N(CC(=O)c3c(-c4ccccc4)[nH]c4ccccc34)C2=O)cc1. The Hall–Kier alpha value is -4.52. The first-order chi connectivity index (χ1) is 16.0. The molecule has 0 bridgehead atoms. The summed E-state index contributed by atoms with van der Waals surface area (Å²) in [4.78, 5) is 56.5. The molecule has 7 heteroatoms. The van der Waals surface area contributed by atoms with E-state index >= 15 is 0 Å². The molecule has 162 valence electrons. The number of amides is 4. The Bertz CT molecular complexity index is 1420. The third kappa shape index (κ3) is 3.40. The zero-order valence-electron chi connectivity index (χ0n) is 17.7. The number of aromatic amines is 1. The third-order valence-electron chi connectivity index (χ3n) is 5.69. The number of rotatable bonds is 5. The molecule has 0 atom stereocenters. The molecule has 0 unspecified atom stereocenters. The van der Waals surface area contributed by atoms with Crippen LogP contribution < -0.4 is 4.90 Å². The third-order valence-corrected chi connectivity index (χ3v) is 5.69. The van der Waals surface area contributed by atoms with Crippen LogP contribution in [0.5, 0.6) is 0 Å². The number of hydrogen-bond acceptors (Lipinski definition) is 4. The molecule has 1 aliphatic rings. The molecule has 3 aromatic carbocycles. The molecule has 4 amide bonds.